The predicted octanol–water partition coefficient (Wildman–Crippen LogP) is 0.0283. The van der Waals surface area contributed by atoms with Crippen molar-refractivity contribution >= 4 is 0 Å². The van der Waals surface area contributed by atoms with E-state index >= 15 is 0 Å². The fourth-order valence-corrected chi connectivity index (χ4v) is 2.70. The molecule has 0 aliphatic carbocycles. The Morgan fingerprint density at radius 3 is 1.00 bits per heavy atom. The van der Waals surface area contributed by atoms with Gasteiger partial charge in [0.05, 0.1) is 0 Å². The number of halogens is 2. The third-order valence-electron chi connectivity index (χ3n) is 3.68. The fourth-order valence-electron chi connectivity index (χ4n) is 2.70. The summed E-state index contributed by atoms with van der Waals surface area (Å²) in [5.74, 6) is 0. The molecule has 0 saturated heterocycles. The summed E-state index contributed by atoms with van der Waals surface area (Å²) in [7, 11) is 0. The van der Waals surface area contributed by atoms with E-state index in [-0.39, 0.29) is 51.0 Å². The van der Waals surface area contributed by atoms with Crippen LogP contribution in [0.2, 0.25) is 0 Å². The average molecular weight is 433 g/mol. The third kappa shape index (κ3) is 8.71. The second kappa shape index (κ2) is 10.9. The number of hydrogen-bond acceptors (Lipinski definition) is 0. The molecular weight excluding hydrogens is 402 g/mol. The number of hydrogen-bond donors (Lipinski definition) is 0. The Bertz CT molecular complexity index is 486. The number of rotatable bonds is 0. The van der Waals surface area contributed by atoms with Gasteiger partial charge in [0, 0.05) is 0 Å². The van der Waals surface area contributed by atoms with Gasteiger partial charge in [-0.05, 0) is 0 Å². The first-order chi connectivity index (χ1) is 9.03. The van der Waals surface area contributed by atoms with Crippen LogP contribution in [0.15, 0.2) is 36.4 Å². The molecule has 128 valence electrons. The van der Waals surface area contributed by atoms with Gasteiger partial charge in [0.15, 0.2) is 0 Å². The Morgan fingerprint density at radius 2 is 0.913 bits per heavy atom. The molecule has 0 heterocycles. The van der Waals surface area contributed by atoms with Crippen LogP contribution in [0.5, 0.6) is 0 Å². The van der Waals surface area contributed by atoms with Crippen molar-refractivity contribution in [1.82, 2.24) is 0 Å². The molecule has 0 aliphatic heterocycles. The van der Waals surface area contributed by atoms with Gasteiger partial charge in [-0.25, -0.2) is 24.3 Å². The Kier molecular flexibility index (Phi) is 13.3. The van der Waals surface area contributed by atoms with E-state index in [2.05, 4.69) is 91.8 Å². The summed E-state index contributed by atoms with van der Waals surface area (Å²) < 4.78 is 0. The van der Waals surface area contributed by atoms with Crippen molar-refractivity contribution in [1.29, 1.82) is 0 Å². The van der Waals surface area contributed by atoms with Crippen LogP contribution < -0.4 is 24.8 Å². The van der Waals surface area contributed by atoms with Gasteiger partial charge in [0.2, 0.25) is 0 Å². The van der Waals surface area contributed by atoms with E-state index in [0.29, 0.717) is 10.8 Å². The van der Waals surface area contributed by atoms with Crippen LogP contribution in [0.25, 0.3) is 0 Å². The summed E-state index contributed by atoms with van der Waals surface area (Å²) >= 11 is 0. The average Bonchev–Trinajstić information content (AvgIpc) is 2.85. The maximum Gasteiger partial charge on any atom is 4.00 e. The summed E-state index contributed by atoms with van der Waals surface area (Å²) in [6, 6.07) is 13.0. The van der Waals surface area contributed by atoms with Crippen molar-refractivity contribution in [2.24, 2.45) is 0 Å². The van der Waals surface area contributed by atoms with Crippen LogP contribution in [0.4, 0.5) is 0 Å². The van der Waals surface area contributed by atoms with Crippen molar-refractivity contribution in [2.45, 2.75) is 66.2 Å². The molecule has 0 amide bonds. The molecule has 2 rings (SSSR count). The van der Waals surface area contributed by atoms with Crippen molar-refractivity contribution in [3.05, 3.63) is 58.7 Å². The zero-order chi connectivity index (χ0) is 15.6. The second-order valence-electron chi connectivity index (χ2n) is 7.74. The Balaban J connectivity index is -0.000000308. The van der Waals surface area contributed by atoms with E-state index in [4.69, 9.17) is 0 Å². The minimum atomic E-state index is 0. The minimum absolute atomic E-state index is 0. The smallest absolute Gasteiger partial charge is 1.00 e. The zero-order valence-corrected chi connectivity index (χ0v) is 19.7. The normalized spacial score (nSPS) is 10.4. The molecule has 0 N–H and O–H groups in total. The molecule has 0 spiro atoms. The Labute approximate surface area is 175 Å². The molecule has 0 atom stereocenters. The molecule has 0 bridgehead atoms. The standard InChI is InChI=1S/2C10H15.2ClH.Zr/c2*1-8-6-5-7-9(8)10(2,3)4;;;/h2*5-7H,1-4H3;2*1H;/q2*-1;;;+4/p-2. The summed E-state index contributed by atoms with van der Waals surface area (Å²) in [5, 5.41) is 0. The molecule has 0 unspecified atom stereocenters. The molecule has 2 aromatic rings. The first kappa shape index (κ1) is 28.0. The first-order valence-electron chi connectivity index (χ1n) is 7.49. The van der Waals surface area contributed by atoms with Gasteiger partial charge in [-0.15, -0.1) is 11.1 Å². The van der Waals surface area contributed by atoms with Gasteiger partial charge in [0.25, 0.3) is 0 Å². The molecule has 0 fully saturated rings. The van der Waals surface area contributed by atoms with Gasteiger partial charge >= 0.3 is 26.2 Å². The van der Waals surface area contributed by atoms with E-state index in [1.807, 2.05) is 0 Å². The molecule has 0 saturated carbocycles. The van der Waals surface area contributed by atoms with Crippen molar-refractivity contribution in [3.8, 4) is 0 Å². The van der Waals surface area contributed by atoms with Crippen molar-refractivity contribution in [2.75, 3.05) is 0 Å². The first-order valence-corrected chi connectivity index (χ1v) is 7.49. The van der Waals surface area contributed by atoms with Crippen LogP contribution in [-0.4, -0.2) is 0 Å². The van der Waals surface area contributed by atoms with Gasteiger partial charge < -0.3 is 24.8 Å². The molecule has 0 radical (unpaired) electrons. The Morgan fingerprint density at radius 1 is 0.652 bits per heavy atom. The molecule has 23 heavy (non-hydrogen) atoms. The monoisotopic (exact) mass is 430 g/mol. The van der Waals surface area contributed by atoms with Gasteiger partial charge in [-0.3, -0.25) is 0 Å². The second-order valence-corrected chi connectivity index (χ2v) is 7.74. The molecule has 0 aromatic heterocycles. The van der Waals surface area contributed by atoms with Gasteiger partial charge in [-0.1, -0.05) is 66.2 Å². The van der Waals surface area contributed by atoms with Gasteiger partial charge in [-0.2, -0.15) is 23.3 Å². The van der Waals surface area contributed by atoms with E-state index < -0.39 is 0 Å². The van der Waals surface area contributed by atoms with E-state index in [1.165, 1.54) is 22.3 Å². The van der Waals surface area contributed by atoms with E-state index in [9.17, 15) is 0 Å². The summed E-state index contributed by atoms with van der Waals surface area (Å²) in [5.41, 5.74) is 6.38. The quantitative estimate of drug-likeness (QED) is 0.516. The third-order valence-corrected chi connectivity index (χ3v) is 3.68. The molecule has 3 heteroatoms. The number of aryl methyl sites for hydroxylation is 2. The topological polar surface area (TPSA) is 0 Å². The van der Waals surface area contributed by atoms with E-state index in [0.717, 1.165) is 0 Å². The van der Waals surface area contributed by atoms with Crippen molar-refractivity contribution in [3.63, 3.8) is 0 Å². The fraction of sp³-hybridized carbons (Fsp3) is 0.500. The molecule has 0 nitrogen and oxygen atoms in total. The van der Waals surface area contributed by atoms with Crippen LogP contribution in [0.1, 0.15) is 63.8 Å². The summed E-state index contributed by atoms with van der Waals surface area (Å²) in [6.45, 7) is 17.8. The van der Waals surface area contributed by atoms with Gasteiger partial charge in [0.1, 0.15) is 0 Å². The predicted molar refractivity (Wildman–Crippen MR) is 90.9 cm³/mol. The maximum atomic E-state index is 2.25. The summed E-state index contributed by atoms with van der Waals surface area (Å²) in [6.07, 6.45) is 0. The van der Waals surface area contributed by atoms with Crippen LogP contribution in [-0.2, 0) is 37.0 Å². The van der Waals surface area contributed by atoms with E-state index in [1.54, 1.807) is 0 Å². The summed E-state index contributed by atoms with van der Waals surface area (Å²) in [4.78, 5) is 0. The SMILES string of the molecule is Cc1ccc[c-]1C(C)(C)C.Cc1ccc[c-]1C(C)(C)C.[Cl-].[Cl-].[Zr+4]. The largest absolute Gasteiger partial charge is 4.00 e. The Hall–Kier alpha value is 0.163. The minimum Gasteiger partial charge on any atom is -1.00 e. The molecule has 0 aliphatic rings. The molecular formula is C20H30Cl2Zr. The van der Waals surface area contributed by atoms with Crippen molar-refractivity contribution < 1.29 is 51.0 Å². The van der Waals surface area contributed by atoms with Crippen LogP contribution >= 0.6 is 0 Å². The maximum absolute atomic E-state index is 2.25. The van der Waals surface area contributed by atoms with Crippen LogP contribution in [0.3, 0.4) is 0 Å². The zero-order valence-electron chi connectivity index (χ0n) is 15.7. The van der Waals surface area contributed by atoms with Crippen LogP contribution in [0, 0.1) is 13.8 Å². The molecule has 2 aromatic carbocycles.